The van der Waals surface area contributed by atoms with Crippen LogP contribution in [-0.4, -0.2) is 63.8 Å². The molecule has 186 valence electrons. The zero-order valence-electron chi connectivity index (χ0n) is 18.8. The number of nitrogens with one attached hydrogen (secondary N) is 2. The molecule has 1 atom stereocenters. The van der Waals surface area contributed by atoms with Crippen LogP contribution in [0.4, 0.5) is 18.6 Å². The molecule has 1 unspecified atom stereocenters. The maximum absolute atomic E-state index is 14.0. The Labute approximate surface area is 199 Å². The topological polar surface area (TPSA) is 124 Å². The van der Waals surface area contributed by atoms with E-state index in [0.717, 1.165) is 31.8 Å². The normalized spacial score (nSPS) is 14.7. The lowest BCUT2D eigenvalue weighted by molar-refractivity contribution is 0.0693. The Morgan fingerprint density at radius 3 is 2.68 bits per heavy atom. The van der Waals surface area contributed by atoms with Crippen molar-refractivity contribution in [1.82, 2.24) is 14.6 Å². The molecular formula is C22H28F2N4O5S. The Morgan fingerprint density at radius 1 is 1.24 bits per heavy atom. The summed E-state index contributed by atoms with van der Waals surface area (Å²) in [4.78, 5) is 26.2. The standard InChI is InChI=1S/C22H28F2N4O5S/c1-13-10-17(24)14(11-16(13)23)12-33-19-18(21(30)31)20(34-27-19)26-22(32)25-6-4-15(29)5-9-28-7-2-3-8-28/h10-11,15,29H,2-9,12H2,1H3,(H,30,31)(H2,25,26,32). The van der Waals surface area contributed by atoms with Crippen LogP contribution >= 0.6 is 11.5 Å². The third-order valence-corrected chi connectivity index (χ3v) is 6.28. The second-order valence-corrected chi connectivity index (χ2v) is 8.91. The van der Waals surface area contributed by atoms with Crippen LogP contribution in [0.5, 0.6) is 5.88 Å². The Morgan fingerprint density at radius 2 is 1.97 bits per heavy atom. The lowest BCUT2D eigenvalue weighted by Crippen LogP contribution is -2.32. The molecule has 2 amide bonds. The van der Waals surface area contributed by atoms with E-state index in [1.54, 1.807) is 0 Å². The summed E-state index contributed by atoms with van der Waals surface area (Å²) >= 11 is 0.689. The monoisotopic (exact) mass is 498 g/mol. The fourth-order valence-corrected chi connectivity index (χ4v) is 4.30. The van der Waals surface area contributed by atoms with E-state index in [1.807, 2.05) is 0 Å². The number of aliphatic hydroxyl groups is 1. The second-order valence-electron chi connectivity index (χ2n) is 8.14. The largest absolute Gasteiger partial charge is 0.477 e. The van der Waals surface area contributed by atoms with Gasteiger partial charge in [-0.05, 0) is 74.9 Å². The summed E-state index contributed by atoms with van der Waals surface area (Å²) in [6.45, 7) is 4.11. The van der Waals surface area contributed by atoms with Crippen LogP contribution in [0, 0.1) is 18.6 Å². The molecule has 3 rings (SSSR count). The van der Waals surface area contributed by atoms with E-state index in [4.69, 9.17) is 4.74 Å². The molecule has 9 nitrogen and oxygen atoms in total. The summed E-state index contributed by atoms with van der Waals surface area (Å²) in [5.74, 6) is -3.01. The van der Waals surface area contributed by atoms with Gasteiger partial charge in [-0.1, -0.05) is 0 Å². The van der Waals surface area contributed by atoms with Gasteiger partial charge >= 0.3 is 12.0 Å². The first-order valence-corrected chi connectivity index (χ1v) is 11.8. The number of likely N-dealkylation sites (tertiary alicyclic amines) is 1. The first kappa shape index (κ1) is 25.8. The zero-order chi connectivity index (χ0) is 24.7. The molecule has 2 aromatic rings. The predicted octanol–water partition coefficient (Wildman–Crippen LogP) is 3.37. The van der Waals surface area contributed by atoms with Gasteiger partial charge in [0.2, 0.25) is 5.88 Å². The molecule has 0 spiro atoms. The summed E-state index contributed by atoms with van der Waals surface area (Å²) in [7, 11) is 0. The number of carboxylic acid groups (broad SMARTS) is 1. The van der Waals surface area contributed by atoms with Crippen molar-refractivity contribution in [2.24, 2.45) is 0 Å². The maximum atomic E-state index is 14.0. The van der Waals surface area contributed by atoms with Crippen LogP contribution in [0.2, 0.25) is 0 Å². The van der Waals surface area contributed by atoms with E-state index in [0.29, 0.717) is 24.4 Å². The van der Waals surface area contributed by atoms with Gasteiger partial charge in [-0.2, -0.15) is 4.37 Å². The molecule has 12 heteroatoms. The van der Waals surface area contributed by atoms with Gasteiger partial charge in [-0.15, -0.1) is 0 Å². The van der Waals surface area contributed by atoms with Gasteiger partial charge in [0.25, 0.3) is 0 Å². The van der Waals surface area contributed by atoms with Gasteiger partial charge in [-0.25, -0.2) is 18.4 Å². The predicted molar refractivity (Wildman–Crippen MR) is 122 cm³/mol. The molecule has 1 aliphatic rings. The van der Waals surface area contributed by atoms with Crippen LogP contribution < -0.4 is 15.4 Å². The van der Waals surface area contributed by atoms with Crippen molar-refractivity contribution < 1.29 is 33.3 Å². The number of aliphatic hydroxyl groups excluding tert-OH is 1. The number of aromatic nitrogens is 1. The van der Waals surface area contributed by atoms with E-state index in [-0.39, 0.29) is 28.6 Å². The molecule has 2 heterocycles. The molecule has 0 bridgehead atoms. The fourth-order valence-electron chi connectivity index (χ4n) is 3.57. The highest BCUT2D eigenvalue weighted by Crippen LogP contribution is 2.31. The summed E-state index contributed by atoms with van der Waals surface area (Å²) in [6.07, 6.45) is 2.80. The molecule has 0 radical (unpaired) electrons. The molecular weight excluding hydrogens is 470 g/mol. The van der Waals surface area contributed by atoms with Gasteiger partial charge in [0.1, 0.15) is 23.2 Å². The number of rotatable bonds is 11. The number of halogens is 2. The van der Waals surface area contributed by atoms with E-state index in [9.17, 15) is 28.6 Å². The first-order valence-electron chi connectivity index (χ1n) is 11.0. The van der Waals surface area contributed by atoms with E-state index < -0.39 is 41.9 Å². The van der Waals surface area contributed by atoms with Crippen LogP contribution in [0.3, 0.4) is 0 Å². The number of aromatic carboxylic acids is 1. The number of carbonyl (C=O) groups excluding carboxylic acids is 1. The van der Waals surface area contributed by atoms with Crippen LogP contribution in [0.1, 0.15) is 47.2 Å². The van der Waals surface area contributed by atoms with Crippen molar-refractivity contribution in [3.8, 4) is 5.88 Å². The van der Waals surface area contributed by atoms with E-state index in [2.05, 4.69) is 19.9 Å². The minimum atomic E-state index is -1.40. The highest BCUT2D eigenvalue weighted by atomic mass is 32.1. The number of hydrogen-bond donors (Lipinski definition) is 4. The molecule has 0 aliphatic carbocycles. The van der Waals surface area contributed by atoms with Gasteiger partial charge in [-0.3, -0.25) is 5.32 Å². The number of carboxylic acids is 1. The lowest BCUT2D eigenvalue weighted by Gasteiger charge is -2.17. The minimum Gasteiger partial charge on any atom is -0.477 e. The summed E-state index contributed by atoms with van der Waals surface area (Å²) in [5, 5.41) is 24.5. The molecule has 1 aliphatic heterocycles. The smallest absolute Gasteiger partial charge is 0.344 e. The molecule has 1 saturated heterocycles. The van der Waals surface area contributed by atoms with Crippen LogP contribution in [0.25, 0.3) is 0 Å². The third kappa shape index (κ3) is 7.08. The van der Waals surface area contributed by atoms with Crippen LogP contribution in [-0.2, 0) is 6.61 Å². The number of anilines is 1. The van der Waals surface area contributed by atoms with Gasteiger partial charge in [0.15, 0.2) is 5.56 Å². The maximum Gasteiger partial charge on any atom is 0.344 e. The molecule has 1 fully saturated rings. The summed E-state index contributed by atoms with van der Waals surface area (Å²) in [5.41, 5.74) is -0.348. The van der Waals surface area contributed by atoms with Gasteiger partial charge in [0, 0.05) is 18.7 Å². The average Bonchev–Trinajstić information content (AvgIpc) is 3.44. The Balaban J connectivity index is 1.50. The molecule has 0 saturated carbocycles. The number of carbonyl (C=O) groups is 2. The van der Waals surface area contributed by atoms with E-state index in [1.165, 1.54) is 19.8 Å². The Hall–Kier alpha value is -2.83. The molecule has 1 aromatic carbocycles. The van der Waals surface area contributed by atoms with Crippen molar-refractivity contribution in [3.05, 3.63) is 40.5 Å². The average molecular weight is 499 g/mol. The molecule has 4 N–H and O–H groups in total. The quantitative estimate of drug-likeness (QED) is 0.375. The van der Waals surface area contributed by atoms with Crippen molar-refractivity contribution in [2.45, 2.75) is 45.3 Å². The first-order chi connectivity index (χ1) is 16.2. The summed E-state index contributed by atoms with van der Waals surface area (Å²) < 4.78 is 36.9. The number of aryl methyl sites for hydroxylation is 1. The Bertz CT molecular complexity index is 1010. The van der Waals surface area contributed by atoms with Crippen molar-refractivity contribution >= 4 is 28.5 Å². The van der Waals surface area contributed by atoms with Crippen molar-refractivity contribution in [1.29, 1.82) is 0 Å². The third-order valence-electron chi connectivity index (χ3n) is 5.53. The number of benzene rings is 1. The number of nitrogens with zero attached hydrogens (tertiary/aromatic N) is 2. The second kappa shape index (κ2) is 12.0. The van der Waals surface area contributed by atoms with Crippen LogP contribution in [0.15, 0.2) is 12.1 Å². The SMILES string of the molecule is Cc1cc(F)c(COc2nsc(NC(=O)NCCC(O)CCN3CCCC3)c2C(=O)O)cc1F. The van der Waals surface area contributed by atoms with E-state index >= 15 is 0 Å². The van der Waals surface area contributed by atoms with Gasteiger partial charge in [0.05, 0.1) is 6.10 Å². The van der Waals surface area contributed by atoms with Crippen molar-refractivity contribution in [2.75, 3.05) is 31.5 Å². The Kier molecular flexibility index (Phi) is 9.13. The number of amides is 2. The number of ether oxygens (including phenoxy) is 1. The zero-order valence-corrected chi connectivity index (χ0v) is 19.6. The molecule has 34 heavy (non-hydrogen) atoms. The minimum absolute atomic E-state index is 0.0647. The molecule has 1 aromatic heterocycles. The number of urea groups is 1. The van der Waals surface area contributed by atoms with Crippen molar-refractivity contribution in [3.63, 3.8) is 0 Å². The highest BCUT2D eigenvalue weighted by molar-refractivity contribution is 7.11. The fraction of sp³-hybridized carbons (Fsp3) is 0.500. The highest BCUT2D eigenvalue weighted by Gasteiger charge is 2.24. The van der Waals surface area contributed by atoms with Gasteiger partial charge < -0.3 is 25.2 Å². The summed E-state index contributed by atoms with van der Waals surface area (Å²) in [6, 6.07) is 1.34. The lowest BCUT2D eigenvalue weighted by atomic mass is 10.1. The number of hydrogen-bond acceptors (Lipinski definition) is 7.